The molecule has 3 rings (SSSR count). The summed E-state index contributed by atoms with van der Waals surface area (Å²) in [6, 6.07) is 6.81. The Balaban J connectivity index is 2.23. The molecule has 1 aliphatic carbocycles. The van der Waals surface area contributed by atoms with Crippen molar-refractivity contribution in [3.05, 3.63) is 61.8 Å². The zero-order valence-corrected chi connectivity index (χ0v) is 12.0. The Bertz CT molecular complexity index is 697. The molecule has 0 saturated heterocycles. The molecule has 0 saturated carbocycles. The molecular weight excluding hydrogens is 305 g/mol. The average Bonchev–Trinajstić information content (AvgIpc) is 2.48. The van der Waals surface area contributed by atoms with Gasteiger partial charge in [0.1, 0.15) is 10.8 Å². The first kappa shape index (κ1) is 12.9. The van der Waals surface area contributed by atoms with Crippen LogP contribution in [0.5, 0.6) is 0 Å². The summed E-state index contributed by atoms with van der Waals surface area (Å²) in [7, 11) is 0. The maximum Gasteiger partial charge on any atom is 0.212 e. The number of aryl methyl sites for hydroxylation is 1. The lowest BCUT2D eigenvalue weighted by molar-refractivity contribution is 0.103. The van der Waals surface area contributed by atoms with Gasteiger partial charge in [0.05, 0.1) is 0 Å². The van der Waals surface area contributed by atoms with Crippen LogP contribution in [0.4, 0.5) is 0 Å². The van der Waals surface area contributed by atoms with E-state index in [4.69, 9.17) is 34.8 Å². The van der Waals surface area contributed by atoms with Gasteiger partial charge >= 0.3 is 0 Å². The smallest absolute Gasteiger partial charge is 0.212 e. The Kier molecular flexibility index (Phi) is 3.25. The van der Waals surface area contributed by atoms with E-state index in [9.17, 15) is 4.79 Å². The fourth-order valence-corrected chi connectivity index (χ4v) is 3.05. The number of carbonyl (C=O) groups excluding carboxylic acids is 1. The molecule has 2 nitrogen and oxygen atoms in total. The molecule has 19 heavy (non-hydrogen) atoms. The van der Waals surface area contributed by atoms with Gasteiger partial charge in [-0.3, -0.25) is 4.79 Å². The van der Waals surface area contributed by atoms with Crippen molar-refractivity contribution in [3.63, 3.8) is 0 Å². The molecular formula is C14H8Cl3NO. The predicted octanol–water partition coefficient (Wildman–Crippen LogP) is 4.37. The highest BCUT2D eigenvalue weighted by molar-refractivity contribution is 6.35. The first-order chi connectivity index (χ1) is 9.06. The largest absolute Gasteiger partial charge is 0.287 e. The summed E-state index contributed by atoms with van der Waals surface area (Å²) >= 11 is 18.0. The molecule has 0 radical (unpaired) electrons. The van der Waals surface area contributed by atoms with Crippen molar-refractivity contribution in [2.75, 3.05) is 0 Å². The van der Waals surface area contributed by atoms with Gasteiger partial charge in [-0.2, -0.15) is 0 Å². The fourth-order valence-electron chi connectivity index (χ4n) is 2.31. The number of aromatic nitrogens is 1. The van der Waals surface area contributed by atoms with E-state index in [1.807, 2.05) is 6.07 Å². The minimum atomic E-state index is -0.149. The number of halogens is 3. The zero-order chi connectivity index (χ0) is 13.6. The first-order valence-corrected chi connectivity index (χ1v) is 6.87. The number of fused-ring (bicyclic) bond motifs is 2. The second kappa shape index (κ2) is 4.78. The van der Waals surface area contributed by atoms with E-state index in [0.29, 0.717) is 34.1 Å². The lowest BCUT2D eigenvalue weighted by atomic mass is 10.0. The molecule has 96 valence electrons. The maximum atomic E-state index is 12.5. The third kappa shape index (κ3) is 2.25. The molecule has 0 bridgehead atoms. The third-order valence-corrected chi connectivity index (χ3v) is 3.98. The molecule has 0 N–H and O–H groups in total. The highest BCUT2D eigenvalue weighted by atomic mass is 35.5. The topological polar surface area (TPSA) is 30.0 Å². The van der Waals surface area contributed by atoms with Crippen LogP contribution in [0.3, 0.4) is 0 Å². The van der Waals surface area contributed by atoms with Crippen LogP contribution >= 0.6 is 34.8 Å². The van der Waals surface area contributed by atoms with E-state index in [1.165, 1.54) is 0 Å². The normalized spacial score (nSPS) is 13.7. The van der Waals surface area contributed by atoms with Crippen molar-refractivity contribution in [2.24, 2.45) is 0 Å². The molecule has 1 aromatic carbocycles. The van der Waals surface area contributed by atoms with Crippen LogP contribution in [0.25, 0.3) is 0 Å². The van der Waals surface area contributed by atoms with E-state index in [2.05, 4.69) is 4.98 Å². The van der Waals surface area contributed by atoms with Crippen LogP contribution in [0.1, 0.15) is 27.2 Å². The summed E-state index contributed by atoms with van der Waals surface area (Å²) in [5.41, 5.74) is 2.64. The van der Waals surface area contributed by atoms with E-state index in [-0.39, 0.29) is 10.9 Å². The molecule has 1 aliphatic rings. The molecule has 1 aromatic heterocycles. The maximum absolute atomic E-state index is 12.5. The lowest BCUT2D eigenvalue weighted by Gasteiger charge is -2.06. The Morgan fingerprint density at radius 3 is 2.63 bits per heavy atom. The molecule has 0 atom stereocenters. The Labute approximate surface area is 125 Å². The molecule has 2 aromatic rings. The van der Waals surface area contributed by atoms with Crippen molar-refractivity contribution >= 4 is 40.6 Å². The second-order valence-corrected chi connectivity index (χ2v) is 5.62. The molecule has 5 heteroatoms. The third-order valence-electron chi connectivity index (χ3n) is 3.21. The minimum absolute atomic E-state index is 0.149. The van der Waals surface area contributed by atoms with Gasteiger partial charge in [0.15, 0.2) is 0 Å². The van der Waals surface area contributed by atoms with Crippen molar-refractivity contribution in [2.45, 2.75) is 12.8 Å². The van der Waals surface area contributed by atoms with Crippen molar-refractivity contribution < 1.29 is 4.79 Å². The number of ketones is 1. The molecule has 0 unspecified atom stereocenters. The van der Waals surface area contributed by atoms with Gasteiger partial charge in [0, 0.05) is 21.2 Å². The summed E-state index contributed by atoms with van der Waals surface area (Å²) in [5, 5.41) is 1.34. The Morgan fingerprint density at radius 1 is 1.05 bits per heavy atom. The van der Waals surface area contributed by atoms with Crippen LogP contribution in [-0.2, 0) is 12.8 Å². The number of carbonyl (C=O) groups is 1. The summed E-state index contributed by atoms with van der Waals surface area (Å²) in [6.45, 7) is 0. The van der Waals surface area contributed by atoms with Crippen LogP contribution in [0.2, 0.25) is 15.2 Å². The SMILES string of the molecule is O=C1c2ccc(Cl)cc2CCc2c(Cl)cc(Cl)nc21. The number of rotatable bonds is 0. The summed E-state index contributed by atoms with van der Waals surface area (Å²) < 4.78 is 0. The van der Waals surface area contributed by atoms with E-state index < -0.39 is 0 Å². The van der Waals surface area contributed by atoms with Gasteiger partial charge in [-0.05, 0) is 42.7 Å². The summed E-state index contributed by atoms with van der Waals surface area (Å²) in [6.07, 6.45) is 1.36. The molecule has 0 spiro atoms. The number of hydrogen-bond acceptors (Lipinski definition) is 2. The summed E-state index contributed by atoms with van der Waals surface area (Å²) in [4.78, 5) is 16.7. The van der Waals surface area contributed by atoms with Crippen LogP contribution in [0.15, 0.2) is 24.3 Å². The minimum Gasteiger partial charge on any atom is -0.287 e. The van der Waals surface area contributed by atoms with E-state index in [0.717, 1.165) is 11.1 Å². The van der Waals surface area contributed by atoms with Gasteiger partial charge in [0.25, 0.3) is 0 Å². The second-order valence-electron chi connectivity index (χ2n) is 4.38. The predicted molar refractivity (Wildman–Crippen MR) is 76.5 cm³/mol. The van der Waals surface area contributed by atoms with Gasteiger partial charge in [-0.15, -0.1) is 0 Å². The molecule has 1 heterocycles. The molecule has 0 amide bonds. The van der Waals surface area contributed by atoms with Gasteiger partial charge in [0.2, 0.25) is 5.78 Å². The lowest BCUT2D eigenvalue weighted by Crippen LogP contribution is -2.07. The van der Waals surface area contributed by atoms with E-state index >= 15 is 0 Å². The first-order valence-electron chi connectivity index (χ1n) is 5.74. The number of pyridine rings is 1. The monoisotopic (exact) mass is 311 g/mol. The average molecular weight is 313 g/mol. The Hall–Kier alpha value is -1.09. The Morgan fingerprint density at radius 2 is 1.84 bits per heavy atom. The highest BCUT2D eigenvalue weighted by Gasteiger charge is 2.24. The fraction of sp³-hybridized carbons (Fsp3) is 0.143. The number of nitrogens with zero attached hydrogens (tertiary/aromatic N) is 1. The van der Waals surface area contributed by atoms with Gasteiger partial charge in [-0.1, -0.05) is 34.8 Å². The molecule has 0 aliphatic heterocycles. The van der Waals surface area contributed by atoms with Gasteiger partial charge in [-0.25, -0.2) is 4.98 Å². The van der Waals surface area contributed by atoms with Gasteiger partial charge < -0.3 is 0 Å². The van der Waals surface area contributed by atoms with Crippen molar-refractivity contribution in [3.8, 4) is 0 Å². The zero-order valence-electron chi connectivity index (χ0n) is 9.71. The van der Waals surface area contributed by atoms with Crippen LogP contribution in [0, 0.1) is 0 Å². The highest BCUT2D eigenvalue weighted by Crippen LogP contribution is 2.30. The van der Waals surface area contributed by atoms with Crippen molar-refractivity contribution in [1.82, 2.24) is 4.98 Å². The molecule has 0 fully saturated rings. The summed E-state index contributed by atoms with van der Waals surface area (Å²) in [5.74, 6) is -0.149. The van der Waals surface area contributed by atoms with Crippen molar-refractivity contribution in [1.29, 1.82) is 0 Å². The van der Waals surface area contributed by atoms with Crippen LogP contribution in [-0.4, -0.2) is 10.8 Å². The standard InChI is InChI=1S/C14H8Cl3NO/c15-8-2-4-9-7(5-8)1-3-10-11(16)6-12(17)18-13(10)14(9)19/h2,4-6H,1,3H2. The number of hydrogen-bond donors (Lipinski definition) is 0. The van der Waals surface area contributed by atoms with E-state index in [1.54, 1.807) is 18.2 Å². The quantitative estimate of drug-likeness (QED) is 0.676. The number of benzene rings is 1. The van der Waals surface area contributed by atoms with Crippen LogP contribution < -0.4 is 0 Å².